The minimum atomic E-state index is 0.0179. The predicted octanol–water partition coefficient (Wildman–Crippen LogP) is 4.61. The molecule has 6 nitrogen and oxygen atoms in total. The van der Waals surface area contributed by atoms with Crippen LogP contribution in [0.3, 0.4) is 0 Å². The molecule has 0 N–H and O–H groups in total. The summed E-state index contributed by atoms with van der Waals surface area (Å²) >= 11 is 0. The summed E-state index contributed by atoms with van der Waals surface area (Å²) in [5.41, 5.74) is 5.58. The fraction of sp³-hybridized carbons (Fsp3) is 0.370. The number of hydrogen-bond acceptors (Lipinski definition) is 5. The maximum atomic E-state index is 12.7. The minimum Gasteiger partial charge on any atom is -0.483 e. The first-order chi connectivity index (χ1) is 15.9. The Morgan fingerprint density at radius 3 is 2.36 bits per heavy atom. The molecule has 0 radical (unpaired) electrons. The van der Waals surface area contributed by atoms with Gasteiger partial charge >= 0.3 is 0 Å². The third-order valence-electron chi connectivity index (χ3n) is 6.30. The molecule has 0 bridgehead atoms. The van der Waals surface area contributed by atoms with Gasteiger partial charge in [-0.25, -0.2) is 0 Å². The summed E-state index contributed by atoms with van der Waals surface area (Å²) in [5.74, 6) is 2.00. The molecule has 0 saturated carbocycles. The van der Waals surface area contributed by atoms with Crippen LogP contribution >= 0.6 is 0 Å². The van der Waals surface area contributed by atoms with E-state index in [-0.39, 0.29) is 12.5 Å². The van der Waals surface area contributed by atoms with Crippen molar-refractivity contribution in [1.82, 2.24) is 15.1 Å². The number of carbonyl (C=O) groups is 1. The fourth-order valence-corrected chi connectivity index (χ4v) is 4.05. The molecule has 1 saturated heterocycles. The average Bonchev–Trinajstić information content (AvgIpc) is 2.84. The summed E-state index contributed by atoms with van der Waals surface area (Å²) in [7, 11) is 0. The molecule has 33 heavy (non-hydrogen) atoms. The summed E-state index contributed by atoms with van der Waals surface area (Å²) in [4.78, 5) is 16.7. The van der Waals surface area contributed by atoms with Crippen LogP contribution in [0.25, 0.3) is 11.3 Å². The molecular formula is C27H32N4O2. The van der Waals surface area contributed by atoms with E-state index in [2.05, 4.69) is 67.1 Å². The Morgan fingerprint density at radius 2 is 1.70 bits per heavy atom. The van der Waals surface area contributed by atoms with E-state index in [1.165, 1.54) is 11.1 Å². The Kier molecular flexibility index (Phi) is 6.92. The average molecular weight is 445 g/mol. The highest BCUT2D eigenvalue weighted by atomic mass is 16.5. The van der Waals surface area contributed by atoms with Crippen molar-refractivity contribution in [3.05, 3.63) is 71.3 Å². The van der Waals surface area contributed by atoms with Crippen molar-refractivity contribution in [2.45, 2.75) is 33.6 Å². The smallest absolute Gasteiger partial charge is 0.260 e. The number of carbonyl (C=O) groups excluding carboxylic acids is 1. The molecule has 0 atom stereocenters. The number of rotatable bonds is 6. The molecule has 2 heterocycles. The minimum absolute atomic E-state index is 0.0179. The van der Waals surface area contributed by atoms with Crippen molar-refractivity contribution >= 4 is 11.7 Å². The summed E-state index contributed by atoms with van der Waals surface area (Å²) < 4.78 is 5.87. The van der Waals surface area contributed by atoms with Gasteiger partial charge in [-0.2, -0.15) is 0 Å². The first kappa shape index (κ1) is 22.8. The van der Waals surface area contributed by atoms with Crippen LogP contribution < -0.4 is 9.64 Å². The van der Waals surface area contributed by atoms with Gasteiger partial charge in [0.1, 0.15) is 5.75 Å². The molecule has 0 aliphatic carbocycles. The maximum Gasteiger partial charge on any atom is 0.260 e. The van der Waals surface area contributed by atoms with E-state index < -0.39 is 0 Å². The first-order valence-electron chi connectivity index (χ1n) is 11.6. The molecule has 0 spiro atoms. The van der Waals surface area contributed by atoms with Gasteiger partial charge in [0.25, 0.3) is 5.91 Å². The normalized spacial score (nSPS) is 14.0. The van der Waals surface area contributed by atoms with Gasteiger partial charge in [-0.1, -0.05) is 44.2 Å². The maximum absolute atomic E-state index is 12.7. The van der Waals surface area contributed by atoms with Gasteiger partial charge in [0, 0.05) is 31.7 Å². The van der Waals surface area contributed by atoms with Crippen LogP contribution in [0.1, 0.15) is 36.5 Å². The van der Waals surface area contributed by atoms with E-state index in [1.807, 2.05) is 35.2 Å². The Labute approximate surface area is 196 Å². The molecule has 3 aromatic rings. The molecule has 2 aromatic carbocycles. The van der Waals surface area contributed by atoms with Gasteiger partial charge < -0.3 is 14.5 Å². The van der Waals surface area contributed by atoms with Gasteiger partial charge in [0.05, 0.1) is 5.69 Å². The standard InChI is InChI=1S/C27H32N4O2/c1-19(2)23-7-5-6-8-25(23)33-18-27(32)31-15-13-30(14-16-31)26-12-11-24(28-29-26)22-10-9-20(3)21(4)17-22/h5-12,17,19H,13-16,18H2,1-4H3. The zero-order chi connectivity index (χ0) is 23.4. The van der Waals surface area contributed by atoms with E-state index in [4.69, 9.17) is 4.74 Å². The van der Waals surface area contributed by atoms with Crippen molar-refractivity contribution in [2.75, 3.05) is 37.7 Å². The number of nitrogens with zero attached hydrogens (tertiary/aromatic N) is 4. The Morgan fingerprint density at radius 1 is 0.939 bits per heavy atom. The highest BCUT2D eigenvalue weighted by molar-refractivity contribution is 5.78. The van der Waals surface area contributed by atoms with Crippen molar-refractivity contribution in [1.29, 1.82) is 0 Å². The van der Waals surface area contributed by atoms with Crippen LogP contribution in [0.5, 0.6) is 5.75 Å². The van der Waals surface area contributed by atoms with E-state index in [0.29, 0.717) is 19.0 Å². The third kappa shape index (κ3) is 5.33. The van der Waals surface area contributed by atoms with E-state index in [0.717, 1.165) is 41.5 Å². The number of para-hydroxylation sites is 1. The van der Waals surface area contributed by atoms with Gasteiger partial charge in [0.15, 0.2) is 12.4 Å². The van der Waals surface area contributed by atoms with Gasteiger partial charge in [-0.15, -0.1) is 10.2 Å². The highest BCUT2D eigenvalue weighted by Gasteiger charge is 2.23. The second-order valence-electron chi connectivity index (χ2n) is 8.92. The second kappa shape index (κ2) is 10.0. The van der Waals surface area contributed by atoms with E-state index in [1.54, 1.807) is 0 Å². The van der Waals surface area contributed by atoms with Crippen molar-refractivity contribution in [3.63, 3.8) is 0 Å². The van der Waals surface area contributed by atoms with Crippen LogP contribution in [0.2, 0.25) is 0 Å². The van der Waals surface area contributed by atoms with E-state index in [9.17, 15) is 4.79 Å². The monoisotopic (exact) mass is 444 g/mol. The van der Waals surface area contributed by atoms with Crippen LogP contribution in [-0.4, -0.2) is 53.8 Å². The lowest BCUT2D eigenvalue weighted by molar-refractivity contribution is -0.133. The predicted molar refractivity (Wildman–Crippen MR) is 132 cm³/mol. The van der Waals surface area contributed by atoms with Gasteiger partial charge in [-0.3, -0.25) is 4.79 Å². The summed E-state index contributed by atoms with van der Waals surface area (Å²) in [6, 6.07) is 18.3. The fourth-order valence-electron chi connectivity index (χ4n) is 4.05. The lowest BCUT2D eigenvalue weighted by atomic mass is 10.0. The topological polar surface area (TPSA) is 58.6 Å². The molecule has 1 aliphatic heterocycles. The van der Waals surface area contributed by atoms with Crippen molar-refractivity contribution in [3.8, 4) is 17.0 Å². The molecule has 0 unspecified atom stereocenters. The van der Waals surface area contributed by atoms with Crippen LogP contribution in [0.4, 0.5) is 5.82 Å². The van der Waals surface area contributed by atoms with Crippen molar-refractivity contribution in [2.24, 2.45) is 0 Å². The van der Waals surface area contributed by atoms with Gasteiger partial charge in [-0.05, 0) is 60.7 Å². The quantitative estimate of drug-likeness (QED) is 0.556. The number of aromatic nitrogens is 2. The molecular weight excluding hydrogens is 412 g/mol. The second-order valence-corrected chi connectivity index (χ2v) is 8.92. The Balaban J connectivity index is 1.31. The summed E-state index contributed by atoms with van der Waals surface area (Å²) in [5, 5.41) is 8.89. The number of amides is 1. The Bertz CT molecular complexity index is 1100. The largest absolute Gasteiger partial charge is 0.483 e. The number of hydrogen-bond donors (Lipinski definition) is 0. The molecule has 1 fully saturated rings. The van der Waals surface area contributed by atoms with Crippen LogP contribution in [-0.2, 0) is 4.79 Å². The molecule has 1 amide bonds. The highest BCUT2D eigenvalue weighted by Crippen LogP contribution is 2.26. The van der Waals surface area contributed by atoms with E-state index >= 15 is 0 Å². The van der Waals surface area contributed by atoms with Crippen molar-refractivity contribution < 1.29 is 9.53 Å². The molecule has 1 aromatic heterocycles. The zero-order valence-electron chi connectivity index (χ0n) is 19.9. The molecule has 4 rings (SSSR count). The molecule has 1 aliphatic rings. The number of aryl methyl sites for hydroxylation is 2. The van der Waals surface area contributed by atoms with Gasteiger partial charge in [0.2, 0.25) is 0 Å². The third-order valence-corrected chi connectivity index (χ3v) is 6.30. The number of piperazine rings is 1. The lowest BCUT2D eigenvalue weighted by Crippen LogP contribution is -2.50. The zero-order valence-corrected chi connectivity index (χ0v) is 19.9. The number of ether oxygens (including phenoxy) is 1. The Hall–Kier alpha value is -3.41. The van der Waals surface area contributed by atoms with Crippen LogP contribution in [0, 0.1) is 13.8 Å². The summed E-state index contributed by atoms with van der Waals surface area (Å²) in [6.45, 7) is 11.3. The SMILES string of the molecule is Cc1ccc(-c2ccc(N3CCN(C(=O)COc4ccccc4C(C)C)CC3)nn2)cc1C. The number of anilines is 1. The summed E-state index contributed by atoms with van der Waals surface area (Å²) in [6.07, 6.45) is 0. The molecule has 6 heteroatoms. The number of benzene rings is 2. The molecule has 172 valence electrons. The van der Waals surface area contributed by atoms with Crippen LogP contribution in [0.15, 0.2) is 54.6 Å². The lowest BCUT2D eigenvalue weighted by Gasteiger charge is -2.35. The first-order valence-corrected chi connectivity index (χ1v) is 11.6.